The van der Waals surface area contributed by atoms with Gasteiger partial charge in [-0.3, -0.25) is 15.0 Å². The van der Waals surface area contributed by atoms with E-state index in [1.54, 1.807) is 0 Å². The number of allylic oxidation sites excluding steroid dienone is 2. The Balaban J connectivity index is 1.58. The predicted octanol–water partition coefficient (Wildman–Crippen LogP) is 1.97. The Morgan fingerprint density at radius 1 is 1.18 bits per heavy atom. The molecule has 5 nitrogen and oxygen atoms in total. The summed E-state index contributed by atoms with van der Waals surface area (Å²) in [4.78, 5) is 23.1. The number of carbonyl (C=O) groups excluding carboxylic acids is 2. The molecule has 3 aliphatic rings. The molecule has 5 heteroatoms. The molecule has 1 aromatic carbocycles. The zero-order valence-corrected chi connectivity index (χ0v) is 12.5. The second-order valence-electron chi connectivity index (χ2n) is 6.40. The molecule has 0 saturated carbocycles. The first kappa shape index (κ1) is 13.5. The van der Waals surface area contributed by atoms with Crippen molar-refractivity contribution in [1.29, 1.82) is 0 Å². The maximum absolute atomic E-state index is 11.6. The smallest absolute Gasteiger partial charge is 0.234 e. The van der Waals surface area contributed by atoms with E-state index in [2.05, 4.69) is 34.4 Å². The zero-order chi connectivity index (χ0) is 15.3. The fraction of sp³-hybridized carbons (Fsp3) is 0.412. The second kappa shape index (κ2) is 4.95. The molecule has 1 fully saturated rings. The van der Waals surface area contributed by atoms with Gasteiger partial charge in [0.25, 0.3) is 0 Å². The Bertz CT molecular complexity index is 708. The molecule has 114 valence electrons. The summed E-state index contributed by atoms with van der Waals surface area (Å²) in [6.07, 6.45) is 2.91. The number of Topliss-reactive ketones (excluding diaryl/α,β-unsaturated/α-hetero) is 1. The summed E-state index contributed by atoms with van der Waals surface area (Å²) < 4.78 is 0. The number of carbonyl (C=O) groups is 2. The van der Waals surface area contributed by atoms with Crippen LogP contribution in [0.1, 0.15) is 43.4 Å². The van der Waals surface area contributed by atoms with Crippen LogP contribution in [0.15, 0.2) is 29.5 Å². The van der Waals surface area contributed by atoms with Gasteiger partial charge in [0.05, 0.1) is 6.04 Å². The van der Waals surface area contributed by atoms with Gasteiger partial charge in [-0.1, -0.05) is 6.07 Å². The van der Waals surface area contributed by atoms with Crippen molar-refractivity contribution < 1.29 is 9.59 Å². The average Bonchev–Trinajstić information content (AvgIpc) is 3.00. The standard InChI is InChI=1S/C17H19N3O2/c1-9-14(4-5-15(9)21)18-12-2-3-13-10(7-12)6-11-8-16(22)19-20-17(11)13/h2-3,7,11,17-18,20H,4-6,8H2,1H3,(H,19,22). The number of amides is 1. The van der Waals surface area contributed by atoms with Gasteiger partial charge in [-0.2, -0.15) is 0 Å². The Hall–Kier alpha value is -2.14. The summed E-state index contributed by atoms with van der Waals surface area (Å²) in [6, 6.07) is 6.56. The molecule has 0 spiro atoms. The first-order valence-corrected chi connectivity index (χ1v) is 7.79. The van der Waals surface area contributed by atoms with Gasteiger partial charge in [0, 0.05) is 29.8 Å². The summed E-state index contributed by atoms with van der Waals surface area (Å²) >= 11 is 0. The highest BCUT2D eigenvalue weighted by Gasteiger charge is 2.37. The van der Waals surface area contributed by atoms with Crippen LogP contribution in [0.2, 0.25) is 0 Å². The number of hydrogen-bond acceptors (Lipinski definition) is 4. The summed E-state index contributed by atoms with van der Waals surface area (Å²) in [7, 11) is 0. The van der Waals surface area contributed by atoms with E-state index in [0.717, 1.165) is 29.8 Å². The van der Waals surface area contributed by atoms with Crippen LogP contribution >= 0.6 is 0 Å². The molecule has 0 aromatic heterocycles. The lowest BCUT2D eigenvalue weighted by molar-refractivity contribution is -0.125. The van der Waals surface area contributed by atoms with Gasteiger partial charge < -0.3 is 5.32 Å². The van der Waals surface area contributed by atoms with E-state index in [0.29, 0.717) is 18.8 Å². The Labute approximate surface area is 129 Å². The van der Waals surface area contributed by atoms with Crippen molar-refractivity contribution in [2.24, 2.45) is 5.92 Å². The van der Waals surface area contributed by atoms with Gasteiger partial charge in [-0.15, -0.1) is 0 Å². The van der Waals surface area contributed by atoms with Gasteiger partial charge in [0.2, 0.25) is 5.91 Å². The lowest BCUT2D eigenvalue weighted by Gasteiger charge is -2.27. The number of rotatable bonds is 2. The third-order valence-electron chi connectivity index (χ3n) is 5.01. The van der Waals surface area contributed by atoms with Gasteiger partial charge in [-0.25, -0.2) is 5.43 Å². The van der Waals surface area contributed by atoms with E-state index in [1.165, 1.54) is 11.1 Å². The Kier molecular flexibility index (Phi) is 3.04. The highest BCUT2D eigenvalue weighted by molar-refractivity contribution is 5.98. The van der Waals surface area contributed by atoms with Crippen molar-refractivity contribution in [2.75, 3.05) is 5.32 Å². The molecule has 2 atom stereocenters. The number of fused-ring (bicyclic) bond motifs is 3. The van der Waals surface area contributed by atoms with E-state index < -0.39 is 0 Å². The zero-order valence-electron chi connectivity index (χ0n) is 12.5. The number of nitrogens with one attached hydrogen (secondary N) is 3. The van der Waals surface area contributed by atoms with E-state index in [-0.39, 0.29) is 17.7 Å². The fourth-order valence-electron chi connectivity index (χ4n) is 3.76. The lowest BCUT2D eigenvalue weighted by Crippen LogP contribution is -2.47. The highest BCUT2D eigenvalue weighted by Crippen LogP contribution is 2.40. The van der Waals surface area contributed by atoms with Crippen molar-refractivity contribution in [3.63, 3.8) is 0 Å². The van der Waals surface area contributed by atoms with Crippen LogP contribution in [0.4, 0.5) is 5.69 Å². The first-order chi connectivity index (χ1) is 10.6. The second-order valence-corrected chi connectivity index (χ2v) is 6.40. The van der Waals surface area contributed by atoms with E-state index in [9.17, 15) is 9.59 Å². The molecular weight excluding hydrogens is 278 g/mol. The number of anilines is 1. The van der Waals surface area contributed by atoms with E-state index in [4.69, 9.17) is 0 Å². The van der Waals surface area contributed by atoms with Crippen LogP contribution in [-0.4, -0.2) is 11.7 Å². The molecule has 1 aliphatic heterocycles. The predicted molar refractivity (Wildman–Crippen MR) is 82.8 cm³/mol. The first-order valence-electron chi connectivity index (χ1n) is 7.79. The highest BCUT2D eigenvalue weighted by atomic mass is 16.2. The molecular formula is C17H19N3O2. The van der Waals surface area contributed by atoms with E-state index >= 15 is 0 Å². The Morgan fingerprint density at radius 2 is 2.05 bits per heavy atom. The van der Waals surface area contributed by atoms with Crippen molar-refractivity contribution in [3.8, 4) is 0 Å². The Morgan fingerprint density at radius 3 is 2.82 bits per heavy atom. The third kappa shape index (κ3) is 2.13. The minimum atomic E-state index is 0.0673. The third-order valence-corrected chi connectivity index (χ3v) is 5.01. The minimum Gasteiger partial charge on any atom is -0.359 e. The largest absolute Gasteiger partial charge is 0.359 e. The minimum absolute atomic E-state index is 0.0673. The number of hydrazine groups is 1. The van der Waals surface area contributed by atoms with Gasteiger partial charge in [0.1, 0.15) is 0 Å². The van der Waals surface area contributed by atoms with Crippen LogP contribution in [0.3, 0.4) is 0 Å². The van der Waals surface area contributed by atoms with Crippen molar-refractivity contribution >= 4 is 17.4 Å². The van der Waals surface area contributed by atoms with Crippen molar-refractivity contribution in [3.05, 3.63) is 40.6 Å². The summed E-state index contributed by atoms with van der Waals surface area (Å²) in [5, 5.41) is 3.40. The maximum atomic E-state index is 11.6. The summed E-state index contributed by atoms with van der Waals surface area (Å²) in [5.41, 5.74) is 11.3. The van der Waals surface area contributed by atoms with Crippen LogP contribution < -0.4 is 16.2 Å². The molecule has 1 amide bonds. The number of benzene rings is 1. The van der Waals surface area contributed by atoms with E-state index in [1.807, 2.05) is 6.92 Å². The molecule has 3 N–H and O–H groups in total. The lowest BCUT2D eigenvalue weighted by atomic mass is 9.96. The average molecular weight is 297 g/mol. The van der Waals surface area contributed by atoms with Crippen molar-refractivity contribution in [1.82, 2.24) is 10.9 Å². The molecule has 0 bridgehead atoms. The van der Waals surface area contributed by atoms with Gasteiger partial charge >= 0.3 is 0 Å². The van der Waals surface area contributed by atoms with Crippen LogP contribution in [0.25, 0.3) is 0 Å². The molecule has 2 aliphatic carbocycles. The molecule has 1 saturated heterocycles. The molecule has 22 heavy (non-hydrogen) atoms. The van der Waals surface area contributed by atoms with Crippen LogP contribution in [0, 0.1) is 5.92 Å². The quantitative estimate of drug-likeness (QED) is 0.780. The summed E-state index contributed by atoms with van der Waals surface area (Å²) in [5.74, 6) is 0.647. The number of hydrogen-bond donors (Lipinski definition) is 3. The molecule has 1 heterocycles. The number of ketones is 1. The molecule has 0 radical (unpaired) electrons. The van der Waals surface area contributed by atoms with Gasteiger partial charge in [-0.05, 0) is 48.9 Å². The normalized spacial score (nSPS) is 26.8. The van der Waals surface area contributed by atoms with Crippen LogP contribution in [-0.2, 0) is 16.0 Å². The topological polar surface area (TPSA) is 70.2 Å². The molecule has 2 unspecified atom stereocenters. The molecule has 4 rings (SSSR count). The fourth-order valence-corrected chi connectivity index (χ4v) is 3.76. The van der Waals surface area contributed by atoms with Gasteiger partial charge in [0.15, 0.2) is 5.78 Å². The monoisotopic (exact) mass is 297 g/mol. The maximum Gasteiger partial charge on any atom is 0.234 e. The molecule has 1 aromatic rings. The SMILES string of the molecule is CC1=C(Nc2ccc3c(c2)CC2CC(=O)NNC32)CCC1=O. The van der Waals surface area contributed by atoms with Crippen LogP contribution in [0.5, 0.6) is 0 Å². The summed E-state index contributed by atoms with van der Waals surface area (Å²) in [6.45, 7) is 1.89. The van der Waals surface area contributed by atoms with Crippen molar-refractivity contribution in [2.45, 2.75) is 38.6 Å².